The van der Waals surface area contributed by atoms with Gasteiger partial charge in [0.15, 0.2) is 6.61 Å². The number of benzene rings is 2. The summed E-state index contributed by atoms with van der Waals surface area (Å²) < 4.78 is 12.2. The lowest BCUT2D eigenvalue weighted by molar-refractivity contribution is -0.124. The zero-order chi connectivity index (χ0) is 20.8. The predicted octanol–water partition coefficient (Wildman–Crippen LogP) is 2.97. The topological polar surface area (TPSA) is 82.4 Å². The van der Waals surface area contributed by atoms with Gasteiger partial charge >= 0.3 is 5.97 Å². The second-order valence-electron chi connectivity index (χ2n) is 6.46. The van der Waals surface area contributed by atoms with Crippen molar-refractivity contribution in [2.24, 2.45) is 0 Å². The molecule has 0 aliphatic heterocycles. The van der Waals surface area contributed by atoms with Gasteiger partial charge in [0.1, 0.15) is 11.3 Å². The molecule has 1 N–H and O–H groups in total. The van der Waals surface area contributed by atoms with Crippen LogP contribution in [0.25, 0.3) is 5.69 Å². The molecule has 0 fully saturated rings. The predicted molar refractivity (Wildman–Crippen MR) is 108 cm³/mol. The Morgan fingerprint density at radius 3 is 2.45 bits per heavy atom. The first-order chi connectivity index (χ1) is 14.0. The fourth-order valence-corrected chi connectivity index (χ4v) is 3.06. The van der Waals surface area contributed by atoms with Crippen LogP contribution >= 0.6 is 0 Å². The number of hydrogen-bond donors (Lipinski definition) is 1. The van der Waals surface area contributed by atoms with Crippen molar-refractivity contribution in [3.8, 4) is 11.4 Å². The number of para-hydroxylation sites is 2. The quantitative estimate of drug-likeness (QED) is 0.624. The molecule has 0 saturated carbocycles. The molecule has 0 aliphatic carbocycles. The van der Waals surface area contributed by atoms with E-state index < -0.39 is 11.9 Å². The maximum absolute atomic E-state index is 12.5. The number of ether oxygens (including phenoxy) is 2. The third-order valence-electron chi connectivity index (χ3n) is 4.50. The van der Waals surface area contributed by atoms with Crippen LogP contribution in [0.1, 0.15) is 27.3 Å². The molecule has 0 unspecified atom stereocenters. The molecule has 0 aliphatic rings. The average Bonchev–Trinajstić information content (AvgIpc) is 3.05. The summed E-state index contributed by atoms with van der Waals surface area (Å²) in [5.74, 6) is -0.283. The van der Waals surface area contributed by atoms with Crippen molar-refractivity contribution < 1.29 is 19.1 Å². The van der Waals surface area contributed by atoms with Crippen molar-refractivity contribution >= 4 is 11.9 Å². The highest BCUT2D eigenvalue weighted by Crippen LogP contribution is 2.19. The molecule has 29 heavy (non-hydrogen) atoms. The van der Waals surface area contributed by atoms with E-state index in [0.29, 0.717) is 22.7 Å². The molecule has 0 spiro atoms. The van der Waals surface area contributed by atoms with Gasteiger partial charge in [0.05, 0.1) is 24.2 Å². The van der Waals surface area contributed by atoms with E-state index in [1.165, 1.54) is 0 Å². The number of aromatic nitrogens is 2. The molecule has 3 aromatic rings. The highest BCUT2D eigenvalue weighted by atomic mass is 16.5. The molecule has 1 aromatic heterocycles. The van der Waals surface area contributed by atoms with Gasteiger partial charge in [-0.25, -0.2) is 9.48 Å². The van der Waals surface area contributed by atoms with Crippen LogP contribution in [0, 0.1) is 13.8 Å². The lowest BCUT2D eigenvalue weighted by Gasteiger charge is -2.10. The van der Waals surface area contributed by atoms with E-state index in [1.54, 1.807) is 25.6 Å². The molecule has 0 bridgehead atoms. The van der Waals surface area contributed by atoms with Gasteiger partial charge < -0.3 is 14.8 Å². The summed E-state index contributed by atoms with van der Waals surface area (Å²) in [4.78, 5) is 24.6. The molecule has 7 nitrogen and oxygen atoms in total. The Balaban J connectivity index is 1.61. The molecule has 1 amide bonds. The van der Waals surface area contributed by atoms with Gasteiger partial charge in [-0.2, -0.15) is 5.10 Å². The van der Waals surface area contributed by atoms with Gasteiger partial charge in [0.2, 0.25) is 0 Å². The molecule has 0 saturated heterocycles. The number of methoxy groups -OCH3 is 1. The van der Waals surface area contributed by atoms with Gasteiger partial charge in [-0.1, -0.05) is 36.4 Å². The van der Waals surface area contributed by atoms with E-state index in [9.17, 15) is 9.59 Å². The lowest BCUT2D eigenvalue weighted by Crippen LogP contribution is -2.28. The van der Waals surface area contributed by atoms with E-state index in [4.69, 9.17) is 9.47 Å². The van der Waals surface area contributed by atoms with Crippen LogP contribution in [0.5, 0.6) is 5.75 Å². The maximum Gasteiger partial charge on any atom is 0.342 e. The molecule has 2 aromatic carbocycles. The minimum absolute atomic E-state index is 0.282. The highest BCUT2D eigenvalue weighted by molar-refractivity contribution is 5.93. The zero-order valence-electron chi connectivity index (χ0n) is 16.6. The summed E-state index contributed by atoms with van der Waals surface area (Å²) in [7, 11) is 1.57. The lowest BCUT2D eigenvalue weighted by atomic mass is 10.2. The second-order valence-corrected chi connectivity index (χ2v) is 6.46. The fourth-order valence-electron chi connectivity index (χ4n) is 3.06. The number of nitrogens with zero attached hydrogens (tertiary/aromatic N) is 2. The summed E-state index contributed by atoms with van der Waals surface area (Å²) in [6.07, 6.45) is 0. The normalized spacial score (nSPS) is 10.4. The van der Waals surface area contributed by atoms with Gasteiger partial charge in [0, 0.05) is 12.1 Å². The monoisotopic (exact) mass is 393 g/mol. The van der Waals surface area contributed by atoms with Gasteiger partial charge in [-0.15, -0.1) is 0 Å². The number of aryl methyl sites for hydroxylation is 1. The van der Waals surface area contributed by atoms with Crippen LogP contribution in [0.4, 0.5) is 0 Å². The Hall–Kier alpha value is -3.61. The number of carbonyl (C=O) groups is 2. The van der Waals surface area contributed by atoms with Crippen LogP contribution < -0.4 is 10.1 Å². The Morgan fingerprint density at radius 1 is 1.03 bits per heavy atom. The standard InChI is InChI=1S/C22H23N3O4/c1-15-21(16(2)25(24-15)18-10-5-4-6-11-18)22(27)29-14-20(26)23-13-17-9-7-8-12-19(17)28-3/h4-12H,13-14H2,1-3H3,(H,23,26). The van der Waals surface area contributed by atoms with Crippen molar-refractivity contribution in [3.05, 3.63) is 77.1 Å². The van der Waals surface area contributed by atoms with E-state index in [0.717, 1.165) is 11.3 Å². The first-order valence-electron chi connectivity index (χ1n) is 9.18. The van der Waals surface area contributed by atoms with Crippen molar-refractivity contribution in [1.82, 2.24) is 15.1 Å². The summed E-state index contributed by atoms with van der Waals surface area (Å²) in [6.45, 7) is 3.45. The SMILES string of the molecule is COc1ccccc1CNC(=O)COC(=O)c1c(C)nn(-c2ccccc2)c1C. The summed E-state index contributed by atoms with van der Waals surface area (Å²) in [6, 6.07) is 16.9. The molecule has 1 heterocycles. The van der Waals surface area contributed by atoms with E-state index in [1.807, 2.05) is 54.6 Å². The second kappa shape index (κ2) is 9.05. The molecule has 0 atom stereocenters. The number of amides is 1. The zero-order valence-corrected chi connectivity index (χ0v) is 16.6. The van der Waals surface area contributed by atoms with Crippen molar-refractivity contribution in [1.29, 1.82) is 0 Å². The highest BCUT2D eigenvalue weighted by Gasteiger charge is 2.21. The summed E-state index contributed by atoms with van der Waals surface area (Å²) in [5.41, 5.74) is 3.26. The van der Waals surface area contributed by atoms with Gasteiger partial charge in [0.25, 0.3) is 5.91 Å². The third-order valence-corrected chi connectivity index (χ3v) is 4.50. The maximum atomic E-state index is 12.5. The van der Waals surface area contributed by atoms with E-state index in [2.05, 4.69) is 10.4 Å². The Labute approximate surface area is 169 Å². The van der Waals surface area contributed by atoms with Crippen LogP contribution in [-0.4, -0.2) is 35.4 Å². The largest absolute Gasteiger partial charge is 0.496 e. The molecule has 150 valence electrons. The Bertz CT molecular complexity index is 1010. The Kier molecular flexibility index (Phi) is 6.29. The van der Waals surface area contributed by atoms with Crippen molar-refractivity contribution in [2.75, 3.05) is 13.7 Å². The molecule has 7 heteroatoms. The van der Waals surface area contributed by atoms with Crippen LogP contribution in [0.2, 0.25) is 0 Å². The number of carbonyl (C=O) groups excluding carboxylic acids is 2. The van der Waals surface area contributed by atoms with E-state index in [-0.39, 0.29) is 13.2 Å². The molecule has 0 radical (unpaired) electrons. The Morgan fingerprint density at radius 2 is 1.72 bits per heavy atom. The summed E-state index contributed by atoms with van der Waals surface area (Å²) >= 11 is 0. The van der Waals surface area contributed by atoms with Gasteiger partial charge in [-0.05, 0) is 32.0 Å². The first kappa shape index (κ1) is 20.1. The van der Waals surface area contributed by atoms with E-state index >= 15 is 0 Å². The first-order valence-corrected chi connectivity index (χ1v) is 9.18. The summed E-state index contributed by atoms with van der Waals surface area (Å²) in [5, 5.41) is 7.15. The number of rotatable bonds is 7. The van der Waals surface area contributed by atoms with Crippen LogP contribution in [-0.2, 0) is 16.1 Å². The third kappa shape index (κ3) is 4.63. The van der Waals surface area contributed by atoms with Crippen molar-refractivity contribution in [3.63, 3.8) is 0 Å². The minimum atomic E-state index is -0.574. The van der Waals surface area contributed by atoms with Crippen molar-refractivity contribution in [2.45, 2.75) is 20.4 Å². The fraction of sp³-hybridized carbons (Fsp3) is 0.227. The number of esters is 1. The smallest absolute Gasteiger partial charge is 0.342 e. The van der Waals surface area contributed by atoms with Crippen LogP contribution in [0.3, 0.4) is 0 Å². The molecular formula is C22H23N3O4. The average molecular weight is 393 g/mol. The number of hydrogen-bond acceptors (Lipinski definition) is 5. The minimum Gasteiger partial charge on any atom is -0.496 e. The van der Waals surface area contributed by atoms with Crippen LogP contribution in [0.15, 0.2) is 54.6 Å². The number of nitrogens with one attached hydrogen (secondary N) is 1. The van der Waals surface area contributed by atoms with Gasteiger partial charge in [-0.3, -0.25) is 4.79 Å². The molecule has 3 rings (SSSR count). The molecular weight excluding hydrogens is 370 g/mol.